The van der Waals surface area contributed by atoms with E-state index in [4.69, 9.17) is 0 Å². The van der Waals surface area contributed by atoms with Gasteiger partial charge in [0.2, 0.25) is 0 Å². The van der Waals surface area contributed by atoms with Gasteiger partial charge in [0.25, 0.3) is 0 Å². The van der Waals surface area contributed by atoms with Crippen LogP contribution in [0.1, 0.15) is 61.3 Å². The van der Waals surface area contributed by atoms with E-state index in [1.807, 2.05) is 0 Å². The number of piperidine rings is 1. The van der Waals surface area contributed by atoms with Crippen LogP contribution in [0.2, 0.25) is 0 Å². The molecule has 21 heavy (non-hydrogen) atoms. The molecule has 124 valence electrons. The lowest BCUT2D eigenvalue weighted by Crippen LogP contribution is -2.61. The van der Waals surface area contributed by atoms with Crippen molar-refractivity contribution in [2.75, 3.05) is 32.7 Å². The van der Waals surface area contributed by atoms with E-state index in [0.29, 0.717) is 17.1 Å². The van der Waals surface area contributed by atoms with Gasteiger partial charge in [0.15, 0.2) is 0 Å². The highest BCUT2D eigenvalue weighted by Crippen LogP contribution is 2.27. The molecular formula is C18H37N3. The normalized spacial score (nSPS) is 29.0. The average Bonchev–Trinajstić information content (AvgIpc) is 2.36. The molecule has 3 nitrogen and oxygen atoms in total. The molecule has 0 amide bonds. The van der Waals surface area contributed by atoms with E-state index < -0.39 is 0 Å². The number of hydrogen-bond donors (Lipinski definition) is 0. The van der Waals surface area contributed by atoms with Gasteiger partial charge in [-0.2, -0.15) is 0 Å². The Kier molecular flexibility index (Phi) is 5.07. The highest BCUT2D eigenvalue weighted by molar-refractivity contribution is 4.92. The summed E-state index contributed by atoms with van der Waals surface area (Å²) in [5, 5.41) is 0. The summed E-state index contributed by atoms with van der Waals surface area (Å²) in [5.74, 6) is 0. The molecule has 2 rings (SSSR count). The van der Waals surface area contributed by atoms with Crippen molar-refractivity contribution >= 4 is 0 Å². The summed E-state index contributed by atoms with van der Waals surface area (Å²) >= 11 is 0. The van der Waals surface area contributed by atoms with Gasteiger partial charge in [-0.15, -0.1) is 0 Å². The molecule has 0 radical (unpaired) electrons. The summed E-state index contributed by atoms with van der Waals surface area (Å²) in [6.45, 7) is 22.7. The van der Waals surface area contributed by atoms with Crippen LogP contribution in [-0.2, 0) is 0 Å². The molecule has 1 unspecified atom stereocenters. The zero-order valence-corrected chi connectivity index (χ0v) is 15.4. The van der Waals surface area contributed by atoms with Gasteiger partial charge in [-0.25, -0.2) is 0 Å². The molecule has 2 fully saturated rings. The van der Waals surface area contributed by atoms with Crippen LogP contribution in [0.5, 0.6) is 0 Å². The molecule has 1 atom stereocenters. The maximum absolute atomic E-state index is 2.79. The molecule has 0 N–H and O–H groups in total. The first-order valence-corrected chi connectivity index (χ1v) is 8.85. The minimum Gasteiger partial charge on any atom is -0.298 e. The minimum absolute atomic E-state index is 0.315. The third kappa shape index (κ3) is 4.20. The smallest absolute Gasteiger partial charge is 0.0198 e. The number of nitrogens with zero attached hydrogens (tertiary/aromatic N) is 3. The monoisotopic (exact) mass is 295 g/mol. The second-order valence-electron chi connectivity index (χ2n) is 9.09. The first-order valence-electron chi connectivity index (χ1n) is 8.85. The van der Waals surface area contributed by atoms with Crippen molar-refractivity contribution in [3.63, 3.8) is 0 Å². The second kappa shape index (κ2) is 6.17. The predicted octanol–water partition coefficient (Wildman–Crippen LogP) is 3.05. The van der Waals surface area contributed by atoms with E-state index in [0.717, 1.165) is 6.04 Å². The van der Waals surface area contributed by atoms with Crippen molar-refractivity contribution in [2.24, 2.45) is 0 Å². The Morgan fingerprint density at radius 1 is 0.714 bits per heavy atom. The first kappa shape index (κ1) is 17.2. The molecular weight excluding hydrogens is 258 g/mol. The standard InChI is InChI=1S/C18H37N3/c1-15-14-20(18(5,6)7)12-13-21(15)16-8-10-19(11-9-16)17(2,3)4/h15-16H,8-14H2,1-7H3. The highest BCUT2D eigenvalue weighted by atomic mass is 15.3. The molecule has 0 spiro atoms. The van der Waals surface area contributed by atoms with E-state index in [1.54, 1.807) is 0 Å². The fourth-order valence-corrected chi connectivity index (χ4v) is 3.99. The third-order valence-corrected chi connectivity index (χ3v) is 5.51. The lowest BCUT2D eigenvalue weighted by Gasteiger charge is -2.50. The van der Waals surface area contributed by atoms with Crippen molar-refractivity contribution in [1.29, 1.82) is 0 Å². The Morgan fingerprint density at radius 3 is 1.67 bits per heavy atom. The van der Waals surface area contributed by atoms with Gasteiger partial charge in [-0.3, -0.25) is 14.7 Å². The van der Waals surface area contributed by atoms with Crippen LogP contribution in [0, 0.1) is 0 Å². The van der Waals surface area contributed by atoms with Gasteiger partial charge in [0.1, 0.15) is 0 Å². The van der Waals surface area contributed by atoms with E-state index in [9.17, 15) is 0 Å². The SMILES string of the molecule is CC1CN(C(C)(C)C)CCN1C1CCN(C(C)(C)C)CC1. The zero-order valence-electron chi connectivity index (χ0n) is 15.4. The molecule has 0 aliphatic carbocycles. The second-order valence-corrected chi connectivity index (χ2v) is 9.09. The van der Waals surface area contributed by atoms with Crippen molar-refractivity contribution in [1.82, 2.24) is 14.7 Å². The van der Waals surface area contributed by atoms with Crippen molar-refractivity contribution < 1.29 is 0 Å². The number of piperazine rings is 1. The van der Waals surface area contributed by atoms with Crippen LogP contribution >= 0.6 is 0 Å². The maximum Gasteiger partial charge on any atom is 0.0198 e. The van der Waals surface area contributed by atoms with E-state index in [1.165, 1.54) is 45.6 Å². The maximum atomic E-state index is 2.79. The lowest BCUT2D eigenvalue weighted by atomic mass is 9.94. The topological polar surface area (TPSA) is 9.72 Å². The average molecular weight is 296 g/mol. The number of likely N-dealkylation sites (tertiary alicyclic amines) is 1. The van der Waals surface area contributed by atoms with Crippen LogP contribution in [-0.4, -0.2) is 70.6 Å². The summed E-state index contributed by atoms with van der Waals surface area (Å²) in [4.78, 5) is 8.10. The third-order valence-electron chi connectivity index (χ3n) is 5.51. The van der Waals surface area contributed by atoms with E-state index in [2.05, 4.69) is 63.2 Å². The van der Waals surface area contributed by atoms with Crippen LogP contribution in [0.4, 0.5) is 0 Å². The van der Waals surface area contributed by atoms with Gasteiger partial charge in [-0.05, 0) is 61.3 Å². The largest absolute Gasteiger partial charge is 0.298 e. The molecule has 0 aromatic rings. The van der Waals surface area contributed by atoms with Gasteiger partial charge >= 0.3 is 0 Å². The molecule has 0 aromatic carbocycles. The lowest BCUT2D eigenvalue weighted by molar-refractivity contribution is -0.0183. The Morgan fingerprint density at radius 2 is 1.24 bits per heavy atom. The molecule has 2 aliphatic heterocycles. The Balaban J connectivity index is 1.88. The van der Waals surface area contributed by atoms with E-state index in [-0.39, 0.29) is 0 Å². The van der Waals surface area contributed by atoms with Gasteiger partial charge in [-0.1, -0.05) is 0 Å². The molecule has 3 heteroatoms. The molecule has 0 saturated carbocycles. The Hall–Kier alpha value is -0.120. The minimum atomic E-state index is 0.315. The van der Waals surface area contributed by atoms with Crippen molar-refractivity contribution in [3.05, 3.63) is 0 Å². The summed E-state index contributed by atoms with van der Waals surface area (Å²) in [7, 11) is 0. The first-order chi connectivity index (χ1) is 9.59. The summed E-state index contributed by atoms with van der Waals surface area (Å²) in [6.07, 6.45) is 2.69. The fourth-order valence-electron chi connectivity index (χ4n) is 3.99. The highest BCUT2D eigenvalue weighted by Gasteiger charge is 2.36. The van der Waals surface area contributed by atoms with Gasteiger partial charge in [0.05, 0.1) is 0 Å². The Bertz CT molecular complexity index is 331. The number of rotatable bonds is 1. The Labute approximate surface area is 132 Å². The molecule has 0 bridgehead atoms. The summed E-state index contributed by atoms with van der Waals surface area (Å²) in [6, 6.07) is 1.50. The fraction of sp³-hybridized carbons (Fsp3) is 1.00. The predicted molar refractivity (Wildman–Crippen MR) is 91.8 cm³/mol. The van der Waals surface area contributed by atoms with Gasteiger partial charge < -0.3 is 0 Å². The van der Waals surface area contributed by atoms with Crippen molar-refractivity contribution in [2.45, 2.75) is 84.5 Å². The van der Waals surface area contributed by atoms with Crippen LogP contribution in [0.25, 0.3) is 0 Å². The van der Waals surface area contributed by atoms with Crippen molar-refractivity contribution in [3.8, 4) is 0 Å². The van der Waals surface area contributed by atoms with Gasteiger partial charge in [0, 0.05) is 55.9 Å². The molecule has 0 aromatic heterocycles. The zero-order chi connectivity index (χ0) is 15.8. The van der Waals surface area contributed by atoms with Crippen LogP contribution in [0.15, 0.2) is 0 Å². The summed E-state index contributed by atoms with van der Waals surface area (Å²) < 4.78 is 0. The molecule has 2 saturated heterocycles. The van der Waals surface area contributed by atoms with E-state index >= 15 is 0 Å². The molecule has 2 heterocycles. The van der Waals surface area contributed by atoms with Crippen LogP contribution in [0.3, 0.4) is 0 Å². The molecule has 2 aliphatic rings. The summed E-state index contributed by atoms with van der Waals surface area (Å²) in [5.41, 5.74) is 0.650. The number of hydrogen-bond acceptors (Lipinski definition) is 3. The van der Waals surface area contributed by atoms with Crippen LogP contribution < -0.4 is 0 Å². The quantitative estimate of drug-likeness (QED) is 0.736.